The van der Waals surface area contributed by atoms with Crippen molar-refractivity contribution >= 4 is 5.69 Å². The van der Waals surface area contributed by atoms with Crippen LogP contribution in [0.25, 0.3) is 0 Å². The highest BCUT2D eigenvalue weighted by Gasteiger charge is 2.27. The predicted octanol–water partition coefficient (Wildman–Crippen LogP) is 4.33. The van der Waals surface area contributed by atoms with E-state index in [1.165, 1.54) is 31.4 Å². The Morgan fingerprint density at radius 2 is 1.94 bits per heavy atom. The summed E-state index contributed by atoms with van der Waals surface area (Å²) in [6.45, 7) is 6.71. The number of phenols is 1. The number of anilines is 1. The van der Waals surface area contributed by atoms with E-state index in [1.807, 2.05) is 12.1 Å². The second kappa shape index (κ2) is 5.64. The maximum absolute atomic E-state index is 9.46. The van der Waals surface area contributed by atoms with Crippen molar-refractivity contribution < 1.29 is 5.11 Å². The first kappa shape index (κ1) is 13.3. The molecular formula is C16H25NO. The Morgan fingerprint density at radius 3 is 2.61 bits per heavy atom. The van der Waals surface area contributed by atoms with Gasteiger partial charge in [-0.05, 0) is 55.4 Å². The lowest BCUT2D eigenvalue weighted by Crippen LogP contribution is -2.35. The van der Waals surface area contributed by atoms with Crippen LogP contribution in [0.4, 0.5) is 5.69 Å². The van der Waals surface area contributed by atoms with E-state index >= 15 is 0 Å². The van der Waals surface area contributed by atoms with Gasteiger partial charge < -0.3 is 10.4 Å². The molecule has 100 valence electrons. The lowest BCUT2D eigenvalue weighted by Gasteiger charge is -2.36. The fourth-order valence-electron chi connectivity index (χ4n) is 3.15. The molecule has 1 aliphatic carbocycles. The Balaban J connectivity index is 2.11. The van der Waals surface area contributed by atoms with Gasteiger partial charge in [-0.1, -0.05) is 26.7 Å². The van der Waals surface area contributed by atoms with Crippen molar-refractivity contribution in [3.8, 4) is 5.75 Å². The topological polar surface area (TPSA) is 32.3 Å². The third kappa shape index (κ3) is 2.98. The first-order valence-electron chi connectivity index (χ1n) is 7.14. The maximum Gasteiger partial charge on any atom is 0.115 e. The van der Waals surface area contributed by atoms with Gasteiger partial charge in [0, 0.05) is 11.7 Å². The van der Waals surface area contributed by atoms with Crippen LogP contribution in [0.15, 0.2) is 18.2 Å². The second-order valence-corrected chi connectivity index (χ2v) is 5.94. The van der Waals surface area contributed by atoms with Crippen molar-refractivity contribution in [2.24, 2.45) is 11.8 Å². The lowest BCUT2D eigenvalue weighted by molar-refractivity contribution is 0.254. The average molecular weight is 247 g/mol. The van der Waals surface area contributed by atoms with Gasteiger partial charge in [0.1, 0.15) is 5.75 Å². The Hall–Kier alpha value is -1.18. The van der Waals surface area contributed by atoms with Crippen molar-refractivity contribution in [1.29, 1.82) is 0 Å². The van der Waals surface area contributed by atoms with Crippen LogP contribution in [0, 0.1) is 18.8 Å². The van der Waals surface area contributed by atoms with Crippen molar-refractivity contribution in [2.75, 3.05) is 5.32 Å². The zero-order valence-electron chi connectivity index (χ0n) is 11.7. The van der Waals surface area contributed by atoms with Crippen molar-refractivity contribution in [2.45, 2.75) is 52.5 Å². The molecule has 0 bridgehead atoms. The molecule has 0 aromatic heterocycles. The van der Waals surface area contributed by atoms with E-state index in [1.54, 1.807) is 6.07 Å². The summed E-state index contributed by atoms with van der Waals surface area (Å²) in [4.78, 5) is 0. The van der Waals surface area contributed by atoms with Crippen LogP contribution in [0.3, 0.4) is 0 Å². The molecule has 1 aliphatic rings. The lowest BCUT2D eigenvalue weighted by atomic mass is 9.77. The highest BCUT2D eigenvalue weighted by Crippen LogP contribution is 2.33. The van der Waals surface area contributed by atoms with Gasteiger partial charge >= 0.3 is 0 Å². The predicted molar refractivity (Wildman–Crippen MR) is 77.1 cm³/mol. The highest BCUT2D eigenvalue weighted by molar-refractivity contribution is 5.54. The Kier molecular flexibility index (Phi) is 4.15. The quantitative estimate of drug-likeness (QED) is 0.779. The third-order valence-electron chi connectivity index (χ3n) is 4.23. The summed E-state index contributed by atoms with van der Waals surface area (Å²) in [5.41, 5.74) is 2.30. The van der Waals surface area contributed by atoms with Crippen LogP contribution in [0.1, 0.15) is 45.1 Å². The molecule has 2 unspecified atom stereocenters. The fourth-order valence-corrected chi connectivity index (χ4v) is 3.15. The largest absolute Gasteiger partial charge is 0.508 e. The molecule has 1 aromatic rings. The van der Waals surface area contributed by atoms with Crippen molar-refractivity contribution in [3.05, 3.63) is 23.8 Å². The van der Waals surface area contributed by atoms with Crippen LogP contribution in [0.2, 0.25) is 0 Å². The van der Waals surface area contributed by atoms with E-state index in [0.717, 1.165) is 17.4 Å². The van der Waals surface area contributed by atoms with Crippen LogP contribution in [0.5, 0.6) is 5.75 Å². The van der Waals surface area contributed by atoms with Gasteiger partial charge in [0.15, 0.2) is 0 Å². The van der Waals surface area contributed by atoms with Crippen molar-refractivity contribution in [1.82, 2.24) is 0 Å². The molecule has 2 N–H and O–H groups in total. The molecule has 0 amide bonds. The molecule has 1 fully saturated rings. The number of benzene rings is 1. The molecule has 2 nitrogen and oxygen atoms in total. The van der Waals surface area contributed by atoms with E-state index in [4.69, 9.17) is 0 Å². The number of aromatic hydroxyl groups is 1. The van der Waals surface area contributed by atoms with Gasteiger partial charge in [-0.3, -0.25) is 0 Å². The van der Waals surface area contributed by atoms with E-state index in [-0.39, 0.29) is 0 Å². The van der Waals surface area contributed by atoms with Gasteiger partial charge in [-0.2, -0.15) is 0 Å². The number of rotatable bonds is 3. The molecule has 0 saturated heterocycles. The molecule has 0 aliphatic heterocycles. The minimum atomic E-state index is 0.349. The first-order valence-corrected chi connectivity index (χ1v) is 7.14. The van der Waals surface area contributed by atoms with E-state index in [0.29, 0.717) is 11.8 Å². The van der Waals surface area contributed by atoms with Crippen molar-refractivity contribution in [3.63, 3.8) is 0 Å². The highest BCUT2D eigenvalue weighted by atomic mass is 16.3. The molecule has 0 radical (unpaired) electrons. The summed E-state index contributed by atoms with van der Waals surface area (Å²) in [6, 6.07) is 6.18. The normalized spacial score (nSPS) is 24.2. The Labute approximate surface area is 110 Å². The van der Waals surface area contributed by atoms with Crippen LogP contribution in [-0.4, -0.2) is 11.1 Å². The molecule has 2 atom stereocenters. The molecule has 1 aromatic carbocycles. The number of phenolic OH excluding ortho intramolecular Hbond substituents is 1. The number of nitrogens with one attached hydrogen (secondary N) is 1. The minimum Gasteiger partial charge on any atom is -0.508 e. The zero-order chi connectivity index (χ0) is 13.1. The number of hydrogen-bond donors (Lipinski definition) is 2. The van der Waals surface area contributed by atoms with Crippen LogP contribution < -0.4 is 5.32 Å². The SMILES string of the molecule is Cc1cc(O)ccc1NC1CCCCC1C(C)C. The zero-order valence-corrected chi connectivity index (χ0v) is 11.7. The van der Waals surface area contributed by atoms with E-state index in [2.05, 4.69) is 26.1 Å². The molecule has 1 saturated carbocycles. The smallest absolute Gasteiger partial charge is 0.115 e. The molecule has 2 rings (SSSR count). The fraction of sp³-hybridized carbons (Fsp3) is 0.625. The summed E-state index contributed by atoms with van der Waals surface area (Å²) >= 11 is 0. The van der Waals surface area contributed by atoms with Crippen LogP contribution in [-0.2, 0) is 0 Å². The van der Waals surface area contributed by atoms with Gasteiger partial charge in [-0.25, -0.2) is 0 Å². The van der Waals surface area contributed by atoms with Crippen LogP contribution >= 0.6 is 0 Å². The maximum atomic E-state index is 9.46. The summed E-state index contributed by atoms with van der Waals surface area (Å²) in [5, 5.41) is 13.2. The Morgan fingerprint density at radius 1 is 1.22 bits per heavy atom. The summed E-state index contributed by atoms with van der Waals surface area (Å²) < 4.78 is 0. The average Bonchev–Trinajstić information content (AvgIpc) is 2.33. The number of hydrogen-bond acceptors (Lipinski definition) is 2. The van der Waals surface area contributed by atoms with Gasteiger partial charge in [0.05, 0.1) is 0 Å². The number of aryl methyl sites for hydroxylation is 1. The summed E-state index contributed by atoms with van der Waals surface area (Å²) in [5.74, 6) is 1.86. The molecule has 2 heteroatoms. The summed E-state index contributed by atoms with van der Waals surface area (Å²) in [6.07, 6.45) is 5.31. The Bertz CT molecular complexity index is 400. The van der Waals surface area contributed by atoms with E-state index in [9.17, 15) is 5.11 Å². The minimum absolute atomic E-state index is 0.349. The third-order valence-corrected chi connectivity index (χ3v) is 4.23. The summed E-state index contributed by atoms with van der Waals surface area (Å²) in [7, 11) is 0. The standard InChI is InChI=1S/C16H25NO/c1-11(2)14-6-4-5-7-16(14)17-15-9-8-13(18)10-12(15)3/h8-11,14,16-18H,4-7H2,1-3H3. The molecular weight excluding hydrogens is 222 g/mol. The van der Waals surface area contributed by atoms with E-state index < -0.39 is 0 Å². The molecule has 0 spiro atoms. The van der Waals surface area contributed by atoms with Gasteiger partial charge in [-0.15, -0.1) is 0 Å². The molecule has 18 heavy (non-hydrogen) atoms. The first-order chi connectivity index (χ1) is 8.58. The second-order valence-electron chi connectivity index (χ2n) is 5.94. The van der Waals surface area contributed by atoms with Gasteiger partial charge in [0.2, 0.25) is 0 Å². The monoisotopic (exact) mass is 247 g/mol. The molecule has 0 heterocycles. The van der Waals surface area contributed by atoms with Gasteiger partial charge in [0.25, 0.3) is 0 Å².